The predicted octanol–water partition coefficient (Wildman–Crippen LogP) is 2.26. The third-order valence-electron chi connectivity index (χ3n) is 2.59. The molecule has 0 heterocycles. The second kappa shape index (κ2) is 7.06. The Balaban J connectivity index is 2.69. The van der Waals surface area contributed by atoms with Crippen molar-refractivity contribution in [3.05, 3.63) is 35.4 Å². The summed E-state index contributed by atoms with van der Waals surface area (Å²) >= 11 is 1.69. The minimum atomic E-state index is -0.990. The number of hydrogen-bond acceptors (Lipinski definition) is 3. The fourth-order valence-electron chi connectivity index (χ4n) is 1.50. The third kappa shape index (κ3) is 4.07. The molecule has 0 bridgehead atoms. The van der Waals surface area contributed by atoms with Gasteiger partial charge in [-0.05, 0) is 36.9 Å². The molecule has 0 saturated heterocycles. The van der Waals surface area contributed by atoms with Gasteiger partial charge in [0.25, 0.3) is 5.91 Å². The molecule has 0 spiro atoms. The molecule has 0 aliphatic heterocycles. The molecule has 1 unspecified atom stereocenters. The molecule has 1 aromatic carbocycles. The van der Waals surface area contributed by atoms with E-state index in [9.17, 15) is 9.59 Å². The van der Waals surface area contributed by atoms with E-state index in [-0.39, 0.29) is 17.5 Å². The van der Waals surface area contributed by atoms with Crippen LogP contribution >= 0.6 is 11.8 Å². The molecule has 1 amide bonds. The molecule has 1 atom stereocenters. The van der Waals surface area contributed by atoms with Crippen LogP contribution in [0.2, 0.25) is 0 Å². The zero-order chi connectivity index (χ0) is 13.5. The summed E-state index contributed by atoms with van der Waals surface area (Å²) in [5.41, 5.74) is 0.669. The zero-order valence-electron chi connectivity index (χ0n) is 10.5. The second-order valence-electron chi connectivity index (χ2n) is 3.92. The molecular weight excluding hydrogens is 250 g/mol. The summed E-state index contributed by atoms with van der Waals surface area (Å²) in [5.74, 6) is -0.279. The Morgan fingerprint density at radius 1 is 1.28 bits per heavy atom. The van der Waals surface area contributed by atoms with Gasteiger partial charge in [0.05, 0.1) is 5.56 Å². The van der Waals surface area contributed by atoms with Gasteiger partial charge in [-0.2, -0.15) is 11.8 Å². The number of carboxylic acids is 1. The highest BCUT2D eigenvalue weighted by Gasteiger charge is 2.12. The summed E-state index contributed by atoms with van der Waals surface area (Å²) in [6.45, 7) is 2.02. The quantitative estimate of drug-likeness (QED) is 0.829. The first-order chi connectivity index (χ1) is 8.58. The fourth-order valence-corrected chi connectivity index (χ4v) is 2.22. The van der Waals surface area contributed by atoms with E-state index in [0.717, 1.165) is 12.2 Å². The molecule has 0 aliphatic rings. The lowest BCUT2D eigenvalue weighted by atomic mass is 10.1. The van der Waals surface area contributed by atoms with Gasteiger partial charge in [-0.3, -0.25) is 4.79 Å². The molecule has 1 rings (SSSR count). The van der Waals surface area contributed by atoms with Crippen LogP contribution in [0.1, 0.15) is 34.1 Å². The summed E-state index contributed by atoms with van der Waals surface area (Å²) < 4.78 is 0. The molecule has 0 radical (unpaired) electrons. The van der Waals surface area contributed by atoms with Crippen molar-refractivity contribution < 1.29 is 14.7 Å². The Bertz CT molecular complexity index is 417. The maximum absolute atomic E-state index is 11.9. The first kappa shape index (κ1) is 14.6. The fraction of sp³-hybridized carbons (Fsp3) is 0.385. The minimum absolute atomic E-state index is 0.145. The first-order valence-electron chi connectivity index (χ1n) is 5.71. The summed E-state index contributed by atoms with van der Waals surface area (Å²) in [6.07, 6.45) is 2.87. The first-order valence-corrected chi connectivity index (χ1v) is 7.11. The van der Waals surface area contributed by atoms with Crippen molar-refractivity contribution >= 4 is 23.6 Å². The van der Waals surface area contributed by atoms with E-state index < -0.39 is 5.97 Å². The van der Waals surface area contributed by atoms with Gasteiger partial charge in [0.15, 0.2) is 0 Å². The Morgan fingerprint density at radius 3 is 2.28 bits per heavy atom. The largest absolute Gasteiger partial charge is 0.478 e. The van der Waals surface area contributed by atoms with Crippen molar-refractivity contribution in [2.75, 3.05) is 12.0 Å². The van der Waals surface area contributed by atoms with Crippen LogP contribution in [0.25, 0.3) is 0 Å². The molecule has 0 fully saturated rings. The molecule has 0 aromatic heterocycles. The summed E-state index contributed by atoms with van der Waals surface area (Å²) in [4.78, 5) is 22.6. The van der Waals surface area contributed by atoms with Crippen molar-refractivity contribution in [2.45, 2.75) is 19.4 Å². The van der Waals surface area contributed by atoms with Gasteiger partial charge in [-0.1, -0.05) is 6.92 Å². The SMILES string of the molecule is CCC(CSC)NC(=O)c1ccc(C(=O)O)cc1. The van der Waals surface area contributed by atoms with Gasteiger partial charge in [0, 0.05) is 17.4 Å². The van der Waals surface area contributed by atoms with Crippen LogP contribution in [0.3, 0.4) is 0 Å². The van der Waals surface area contributed by atoms with E-state index in [1.165, 1.54) is 24.3 Å². The highest BCUT2D eigenvalue weighted by Crippen LogP contribution is 2.07. The molecule has 18 heavy (non-hydrogen) atoms. The highest BCUT2D eigenvalue weighted by atomic mass is 32.2. The van der Waals surface area contributed by atoms with E-state index in [4.69, 9.17) is 5.11 Å². The van der Waals surface area contributed by atoms with Gasteiger partial charge in [-0.15, -0.1) is 0 Å². The molecule has 1 aromatic rings. The van der Waals surface area contributed by atoms with E-state index in [0.29, 0.717) is 5.56 Å². The molecule has 2 N–H and O–H groups in total. The maximum Gasteiger partial charge on any atom is 0.335 e. The van der Waals surface area contributed by atoms with Gasteiger partial charge < -0.3 is 10.4 Å². The van der Waals surface area contributed by atoms with Gasteiger partial charge in [-0.25, -0.2) is 4.79 Å². The van der Waals surface area contributed by atoms with E-state index in [1.807, 2.05) is 13.2 Å². The highest BCUT2D eigenvalue weighted by molar-refractivity contribution is 7.98. The molecule has 98 valence electrons. The van der Waals surface area contributed by atoms with Gasteiger partial charge >= 0.3 is 5.97 Å². The number of carbonyl (C=O) groups is 2. The Kier molecular flexibility index (Phi) is 5.71. The van der Waals surface area contributed by atoms with Crippen LogP contribution < -0.4 is 5.32 Å². The van der Waals surface area contributed by atoms with Crippen molar-refractivity contribution in [1.82, 2.24) is 5.32 Å². The number of carbonyl (C=O) groups excluding carboxylic acids is 1. The molecule has 0 aliphatic carbocycles. The Hall–Kier alpha value is -1.49. The third-order valence-corrected chi connectivity index (χ3v) is 3.33. The van der Waals surface area contributed by atoms with Crippen molar-refractivity contribution in [3.8, 4) is 0 Å². The monoisotopic (exact) mass is 267 g/mol. The van der Waals surface area contributed by atoms with Gasteiger partial charge in [0.1, 0.15) is 0 Å². The van der Waals surface area contributed by atoms with Crippen LogP contribution in [0.4, 0.5) is 0 Å². The lowest BCUT2D eigenvalue weighted by molar-refractivity contribution is 0.0696. The average Bonchev–Trinajstić information content (AvgIpc) is 2.38. The van der Waals surface area contributed by atoms with Crippen LogP contribution in [0.15, 0.2) is 24.3 Å². The number of nitrogens with one attached hydrogen (secondary N) is 1. The topological polar surface area (TPSA) is 66.4 Å². The van der Waals surface area contributed by atoms with Gasteiger partial charge in [0.2, 0.25) is 0 Å². The average molecular weight is 267 g/mol. The van der Waals surface area contributed by atoms with Crippen molar-refractivity contribution in [2.24, 2.45) is 0 Å². The van der Waals surface area contributed by atoms with E-state index >= 15 is 0 Å². The minimum Gasteiger partial charge on any atom is -0.478 e. The van der Waals surface area contributed by atoms with Crippen molar-refractivity contribution in [3.63, 3.8) is 0 Å². The summed E-state index contributed by atoms with van der Waals surface area (Å²) in [6, 6.07) is 6.08. The number of aromatic carboxylic acids is 1. The molecule has 5 heteroatoms. The van der Waals surface area contributed by atoms with Crippen LogP contribution in [0.5, 0.6) is 0 Å². The number of carboxylic acid groups (broad SMARTS) is 1. The lowest BCUT2D eigenvalue weighted by Gasteiger charge is -2.15. The predicted molar refractivity (Wildman–Crippen MR) is 73.3 cm³/mol. The second-order valence-corrected chi connectivity index (χ2v) is 4.83. The number of amides is 1. The smallest absolute Gasteiger partial charge is 0.335 e. The lowest BCUT2D eigenvalue weighted by Crippen LogP contribution is -2.36. The Morgan fingerprint density at radius 2 is 1.83 bits per heavy atom. The molecular formula is C13H17NO3S. The van der Waals surface area contributed by atoms with Crippen LogP contribution in [-0.4, -0.2) is 35.0 Å². The summed E-state index contributed by atoms with van der Waals surface area (Å²) in [7, 11) is 0. The number of hydrogen-bond donors (Lipinski definition) is 2. The number of benzene rings is 1. The maximum atomic E-state index is 11.9. The normalized spacial score (nSPS) is 11.9. The van der Waals surface area contributed by atoms with Crippen LogP contribution in [0, 0.1) is 0 Å². The molecule has 4 nitrogen and oxygen atoms in total. The van der Waals surface area contributed by atoms with Crippen molar-refractivity contribution in [1.29, 1.82) is 0 Å². The number of thioether (sulfide) groups is 1. The van der Waals surface area contributed by atoms with E-state index in [2.05, 4.69) is 5.32 Å². The summed E-state index contributed by atoms with van der Waals surface area (Å²) in [5, 5.41) is 11.7. The Labute approximate surface area is 111 Å². The van der Waals surface area contributed by atoms with E-state index in [1.54, 1.807) is 11.8 Å². The standard InChI is InChI=1S/C13H17NO3S/c1-3-11(8-18-2)14-12(15)9-4-6-10(7-5-9)13(16)17/h4-7,11H,3,8H2,1-2H3,(H,14,15)(H,16,17). The number of rotatable bonds is 6. The zero-order valence-corrected chi connectivity index (χ0v) is 11.3. The molecule has 0 saturated carbocycles. The van der Waals surface area contributed by atoms with Crippen LogP contribution in [-0.2, 0) is 0 Å².